The Bertz CT molecular complexity index is 306. The van der Waals surface area contributed by atoms with E-state index in [1.165, 1.54) is 12.1 Å². The zero-order chi connectivity index (χ0) is 9.42. The molecule has 0 saturated heterocycles. The van der Waals surface area contributed by atoms with E-state index >= 15 is 0 Å². The van der Waals surface area contributed by atoms with E-state index in [4.69, 9.17) is 17.3 Å². The molecular weight excluding hydrogens is 186 g/mol. The van der Waals surface area contributed by atoms with E-state index in [1.54, 1.807) is 0 Å². The maximum atomic E-state index is 5.99. The highest BCUT2D eigenvalue weighted by Gasteiger charge is 2.24. The van der Waals surface area contributed by atoms with E-state index in [-0.39, 0.29) is 6.04 Å². The molecule has 3 nitrogen and oxygen atoms in total. The SMILES string of the molecule is CC(N)C1CCCc2cnc(Cl)n21. The van der Waals surface area contributed by atoms with Gasteiger partial charge in [0, 0.05) is 17.9 Å². The fourth-order valence-corrected chi connectivity index (χ4v) is 2.31. The lowest BCUT2D eigenvalue weighted by atomic mass is 9.98. The first-order valence-electron chi connectivity index (χ1n) is 4.67. The Hall–Kier alpha value is -0.540. The fraction of sp³-hybridized carbons (Fsp3) is 0.667. The third kappa shape index (κ3) is 1.46. The molecule has 0 fully saturated rings. The van der Waals surface area contributed by atoms with Gasteiger partial charge >= 0.3 is 0 Å². The number of hydrogen-bond donors (Lipinski definition) is 1. The highest BCUT2D eigenvalue weighted by Crippen LogP contribution is 2.29. The van der Waals surface area contributed by atoms with Gasteiger partial charge in [0.05, 0.1) is 6.04 Å². The van der Waals surface area contributed by atoms with Gasteiger partial charge in [-0.05, 0) is 37.8 Å². The molecule has 1 aliphatic rings. The van der Waals surface area contributed by atoms with Crippen molar-refractivity contribution in [2.75, 3.05) is 0 Å². The third-order valence-electron chi connectivity index (χ3n) is 2.70. The van der Waals surface area contributed by atoms with Crippen molar-refractivity contribution in [2.24, 2.45) is 5.73 Å². The van der Waals surface area contributed by atoms with Crippen molar-refractivity contribution in [3.05, 3.63) is 17.2 Å². The summed E-state index contributed by atoms with van der Waals surface area (Å²) < 4.78 is 2.08. The molecule has 0 aromatic carbocycles. The second-order valence-electron chi connectivity index (χ2n) is 3.71. The van der Waals surface area contributed by atoms with Gasteiger partial charge in [-0.15, -0.1) is 0 Å². The average Bonchev–Trinajstić information content (AvgIpc) is 2.48. The van der Waals surface area contributed by atoms with Crippen LogP contribution in [0.25, 0.3) is 0 Å². The van der Waals surface area contributed by atoms with E-state index in [0.717, 1.165) is 12.8 Å². The maximum absolute atomic E-state index is 5.99. The molecule has 0 bridgehead atoms. The van der Waals surface area contributed by atoms with Crippen molar-refractivity contribution in [2.45, 2.75) is 38.3 Å². The van der Waals surface area contributed by atoms with Crippen molar-refractivity contribution in [1.82, 2.24) is 9.55 Å². The van der Waals surface area contributed by atoms with Crippen molar-refractivity contribution in [3.8, 4) is 0 Å². The molecule has 0 saturated carbocycles. The van der Waals surface area contributed by atoms with Crippen LogP contribution in [-0.2, 0) is 6.42 Å². The van der Waals surface area contributed by atoms with Gasteiger partial charge in [0.25, 0.3) is 0 Å². The van der Waals surface area contributed by atoms with Crippen molar-refractivity contribution in [3.63, 3.8) is 0 Å². The first-order chi connectivity index (χ1) is 6.20. The van der Waals surface area contributed by atoms with Crippen LogP contribution in [0.5, 0.6) is 0 Å². The lowest BCUT2D eigenvalue weighted by Crippen LogP contribution is -2.32. The summed E-state index contributed by atoms with van der Waals surface area (Å²) in [5.41, 5.74) is 7.12. The summed E-state index contributed by atoms with van der Waals surface area (Å²) in [4.78, 5) is 4.10. The molecule has 1 aliphatic heterocycles. The number of halogens is 1. The van der Waals surface area contributed by atoms with Crippen molar-refractivity contribution >= 4 is 11.6 Å². The monoisotopic (exact) mass is 199 g/mol. The first-order valence-corrected chi connectivity index (χ1v) is 5.05. The minimum absolute atomic E-state index is 0.144. The number of hydrogen-bond acceptors (Lipinski definition) is 2. The van der Waals surface area contributed by atoms with Crippen LogP contribution in [0.15, 0.2) is 6.20 Å². The third-order valence-corrected chi connectivity index (χ3v) is 2.98. The van der Waals surface area contributed by atoms with Gasteiger partial charge in [0.15, 0.2) is 0 Å². The topological polar surface area (TPSA) is 43.8 Å². The van der Waals surface area contributed by atoms with Gasteiger partial charge in [0.2, 0.25) is 5.28 Å². The van der Waals surface area contributed by atoms with Crippen LogP contribution >= 0.6 is 11.6 Å². The first kappa shape index (κ1) is 9.03. The van der Waals surface area contributed by atoms with E-state index < -0.39 is 0 Å². The Morgan fingerprint density at radius 3 is 3.23 bits per heavy atom. The van der Waals surface area contributed by atoms with Crippen LogP contribution in [0, 0.1) is 0 Å². The number of nitrogens with zero attached hydrogens (tertiary/aromatic N) is 2. The van der Waals surface area contributed by atoms with Gasteiger partial charge in [-0.25, -0.2) is 4.98 Å². The molecule has 1 aromatic rings. The molecule has 2 N–H and O–H groups in total. The number of aryl methyl sites for hydroxylation is 1. The molecule has 0 aliphatic carbocycles. The molecule has 13 heavy (non-hydrogen) atoms. The van der Waals surface area contributed by atoms with Crippen LogP contribution in [0.1, 0.15) is 31.5 Å². The van der Waals surface area contributed by atoms with E-state index in [2.05, 4.69) is 9.55 Å². The maximum Gasteiger partial charge on any atom is 0.203 e. The highest BCUT2D eigenvalue weighted by atomic mass is 35.5. The quantitative estimate of drug-likeness (QED) is 0.749. The average molecular weight is 200 g/mol. The fourth-order valence-electron chi connectivity index (χ4n) is 2.02. The molecule has 72 valence electrons. The van der Waals surface area contributed by atoms with Crippen LogP contribution in [-0.4, -0.2) is 15.6 Å². The number of fused-ring (bicyclic) bond motifs is 1. The lowest BCUT2D eigenvalue weighted by molar-refractivity contribution is 0.354. The number of rotatable bonds is 1. The zero-order valence-corrected chi connectivity index (χ0v) is 8.46. The van der Waals surface area contributed by atoms with Gasteiger partial charge < -0.3 is 10.3 Å². The summed E-state index contributed by atoms with van der Waals surface area (Å²) in [6, 6.07) is 0.476. The molecule has 0 radical (unpaired) electrons. The van der Waals surface area contributed by atoms with E-state index in [1.807, 2.05) is 13.1 Å². The van der Waals surface area contributed by atoms with E-state index in [0.29, 0.717) is 11.3 Å². The molecule has 1 aromatic heterocycles. The van der Waals surface area contributed by atoms with Crippen molar-refractivity contribution in [1.29, 1.82) is 0 Å². The number of nitrogens with two attached hydrogens (primary N) is 1. The highest BCUT2D eigenvalue weighted by molar-refractivity contribution is 6.28. The van der Waals surface area contributed by atoms with Gasteiger partial charge in [-0.2, -0.15) is 0 Å². The molecule has 2 rings (SSSR count). The summed E-state index contributed by atoms with van der Waals surface area (Å²) in [6.07, 6.45) is 5.23. The predicted octanol–water partition coefficient (Wildman–Crippen LogP) is 1.76. The summed E-state index contributed by atoms with van der Waals surface area (Å²) >= 11 is 5.99. The largest absolute Gasteiger partial charge is 0.326 e. The summed E-state index contributed by atoms with van der Waals surface area (Å²) in [5, 5.41) is 0.581. The lowest BCUT2D eigenvalue weighted by Gasteiger charge is -2.28. The molecule has 2 heterocycles. The predicted molar refractivity (Wildman–Crippen MR) is 52.9 cm³/mol. The summed E-state index contributed by atoms with van der Waals surface area (Å²) in [6.45, 7) is 2.02. The van der Waals surface area contributed by atoms with Crippen LogP contribution in [0.3, 0.4) is 0 Å². The molecule has 2 atom stereocenters. The number of aromatic nitrogens is 2. The van der Waals surface area contributed by atoms with Crippen molar-refractivity contribution < 1.29 is 0 Å². The normalized spacial score (nSPS) is 24.1. The Morgan fingerprint density at radius 2 is 2.54 bits per heavy atom. The van der Waals surface area contributed by atoms with Gasteiger partial charge in [-0.3, -0.25) is 0 Å². The standard InChI is InChI=1S/C9H14ClN3/c1-6(11)8-4-2-3-7-5-12-9(10)13(7)8/h5-6,8H,2-4,11H2,1H3. The van der Waals surface area contributed by atoms with Crippen LogP contribution in [0.2, 0.25) is 5.28 Å². The molecule has 4 heteroatoms. The minimum Gasteiger partial charge on any atom is -0.326 e. The van der Waals surface area contributed by atoms with E-state index in [9.17, 15) is 0 Å². The smallest absolute Gasteiger partial charge is 0.203 e. The second-order valence-corrected chi connectivity index (χ2v) is 4.05. The molecule has 0 spiro atoms. The van der Waals surface area contributed by atoms with Gasteiger partial charge in [-0.1, -0.05) is 0 Å². The Kier molecular flexibility index (Phi) is 2.30. The Balaban J connectivity index is 2.40. The number of imidazole rings is 1. The Morgan fingerprint density at radius 1 is 1.77 bits per heavy atom. The van der Waals surface area contributed by atoms with Gasteiger partial charge in [0.1, 0.15) is 0 Å². The molecule has 0 amide bonds. The second kappa shape index (κ2) is 3.31. The van der Waals surface area contributed by atoms with Crippen LogP contribution in [0.4, 0.5) is 0 Å². The molecule has 2 unspecified atom stereocenters. The minimum atomic E-state index is 0.144. The summed E-state index contributed by atoms with van der Waals surface area (Å²) in [5.74, 6) is 0. The zero-order valence-electron chi connectivity index (χ0n) is 7.70. The molecular formula is C9H14ClN3. The van der Waals surface area contributed by atoms with Crippen LogP contribution < -0.4 is 5.73 Å². The Labute approximate surface area is 82.9 Å². The summed E-state index contributed by atoms with van der Waals surface area (Å²) in [7, 11) is 0.